The largest absolute Gasteiger partial charge is 0.501 e. The smallest absolute Gasteiger partial charge is 0.120 e. The molecule has 0 saturated carbocycles. The van der Waals surface area contributed by atoms with Gasteiger partial charge in [0.2, 0.25) is 0 Å². The van der Waals surface area contributed by atoms with Crippen molar-refractivity contribution in [2.24, 2.45) is 0 Å². The summed E-state index contributed by atoms with van der Waals surface area (Å²) in [6.07, 6.45) is 5.39. The van der Waals surface area contributed by atoms with Gasteiger partial charge >= 0.3 is 0 Å². The van der Waals surface area contributed by atoms with E-state index in [4.69, 9.17) is 9.40 Å². The molecule has 0 amide bonds. The molecule has 4 aromatic carbocycles. The minimum absolute atomic E-state index is 0. The average molecular weight is 779 g/mol. The zero-order chi connectivity index (χ0) is 30.1. The van der Waals surface area contributed by atoms with E-state index >= 15 is 0 Å². The molecule has 5 nitrogen and oxygen atoms in total. The normalized spacial score (nSPS) is 11.3. The van der Waals surface area contributed by atoms with Gasteiger partial charge in [0.15, 0.2) is 0 Å². The number of aromatic nitrogens is 4. The second-order valence-corrected chi connectivity index (χ2v) is 16.7. The van der Waals surface area contributed by atoms with Crippen molar-refractivity contribution < 1.29 is 24.5 Å². The van der Waals surface area contributed by atoms with Crippen LogP contribution in [0.3, 0.4) is 0 Å². The van der Waals surface area contributed by atoms with Crippen LogP contribution in [0, 0.1) is 12.1 Å². The molecule has 0 aliphatic rings. The van der Waals surface area contributed by atoms with Crippen LogP contribution in [0.4, 0.5) is 0 Å². The first kappa shape index (κ1) is 30.3. The van der Waals surface area contributed by atoms with Gasteiger partial charge in [-0.3, -0.25) is 9.97 Å². The van der Waals surface area contributed by atoms with Gasteiger partial charge in [-0.15, -0.1) is 54.1 Å². The molecule has 0 bridgehead atoms. The van der Waals surface area contributed by atoms with E-state index in [9.17, 15) is 0 Å². The number of imidazole rings is 1. The number of hydrogen-bond acceptors (Lipinski definition) is 4. The summed E-state index contributed by atoms with van der Waals surface area (Å²) in [5.41, 5.74) is 7.49. The number of hydrogen-bond donors (Lipinski definition) is 0. The molecule has 45 heavy (non-hydrogen) atoms. The first-order chi connectivity index (χ1) is 21.5. The Morgan fingerprint density at radius 3 is 2.33 bits per heavy atom. The van der Waals surface area contributed by atoms with Gasteiger partial charge in [0.05, 0.1) is 36.7 Å². The van der Waals surface area contributed by atoms with E-state index in [2.05, 4.69) is 82.7 Å². The monoisotopic (exact) mass is 779 g/mol. The van der Waals surface area contributed by atoms with E-state index in [1.54, 1.807) is 18.6 Å². The third-order valence-electron chi connectivity index (χ3n) is 7.64. The van der Waals surface area contributed by atoms with Crippen molar-refractivity contribution in [3.8, 4) is 28.3 Å². The standard InChI is InChI=1S/C27H22N3OSi.C11H8N.Ir/c1-32(2,3)19-12-13-20-21-10-7-11-22(26(21)31-25(20)16-19)27-29-23-17-28-15-14-24(23)30(27)18-8-5-4-6-9-18;1-2-6-10(7-3-1)11-8-4-5-9-12-11;/h4-10,12-17H,1-3H3;1-6,8-9H;/q2*-1;. The number of rotatable bonds is 4. The van der Waals surface area contributed by atoms with E-state index in [0.717, 1.165) is 61.3 Å². The van der Waals surface area contributed by atoms with Gasteiger partial charge in [-0.2, -0.15) is 0 Å². The van der Waals surface area contributed by atoms with Crippen molar-refractivity contribution in [1.29, 1.82) is 0 Å². The van der Waals surface area contributed by atoms with Crippen molar-refractivity contribution in [3.05, 3.63) is 140 Å². The molecule has 0 aliphatic carbocycles. The predicted octanol–water partition coefficient (Wildman–Crippen LogP) is 8.88. The van der Waals surface area contributed by atoms with Crippen molar-refractivity contribution >= 4 is 46.2 Å². The Kier molecular flexibility index (Phi) is 8.59. The molecule has 0 unspecified atom stereocenters. The molecular formula is C38H30IrN4OSi-2. The minimum Gasteiger partial charge on any atom is -0.501 e. The third-order valence-corrected chi connectivity index (χ3v) is 9.69. The van der Waals surface area contributed by atoms with Gasteiger partial charge in [0, 0.05) is 43.6 Å². The Morgan fingerprint density at radius 2 is 1.58 bits per heavy atom. The molecule has 8 aromatic rings. The Labute approximate surface area is 277 Å². The van der Waals surface area contributed by atoms with E-state index in [1.807, 2.05) is 72.8 Å². The second-order valence-electron chi connectivity index (χ2n) is 11.6. The molecule has 7 heteroatoms. The molecule has 4 aromatic heterocycles. The Morgan fingerprint density at radius 1 is 0.756 bits per heavy atom. The summed E-state index contributed by atoms with van der Waals surface area (Å²) < 4.78 is 8.64. The van der Waals surface area contributed by atoms with Gasteiger partial charge in [-0.1, -0.05) is 78.2 Å². The molecule has 0 spiro atoms. The summed E-state index contributed by atoms with van der Waals surface area (Å²) in [5, 5.41) is 3.60. The SMILES string of the molecule is C[Si](C)(C)c1ccc2c(c1)oc1c(-c3nc4cnccc4n3-c3ccccc3)[c-]ccc12.[Ir].[c-]1ccccc1-c1ccccn1. The number of fused-ring (bicyclic) bond motifs is 4. The molecule has 1 radical (unpaired) electrons. The molecule has 0 saturated heterocycles. The second kappa shape index (κ2) is 12.7. The van der Waals surface area contributed by atoms with Crippen molar-refractivity contribution in [1.82, 2.24) is 19.5 Å². The van der Waals surface area contributed by atoms with Gasteiger partial charge in [-0.05, 0) is 36.0 Å². The summed E-state index contributed by atoms with van der Waals surface area (Å²) in [4.78, 5) is 13.4. The van der Waals surface area contributed by atoms with Crippen LogP contribution in [0.25, 0.3) is 61.3 Å². The van der Waals surface area contributed by atoms with Crippen LogP contribution < -0.4 is 5.19 Å². The number of benzene rings is 4. The van der Waals surface area contributed by atoms with Crippen molar-refractivity contribution in [3.63, 3.8) is 0 Å². The van der Waals surface area contributed by atoms with Gasteiger partial charge in [0.25, 0.3) is 0 Å². The minimum atomic E-state index is -1.44. The first-order valence-corrected chi connectivity index (χ1v) is 18.1. The Hall–Kier alpha value is -4.68. The molecule has 223 valence electrons. The predicted molar refractivity (Wildman–Crippen MR) is 182 cm³/mol. The average Bonchev–Trinajstić information content (AvgIpc) is 3.64. The first-order valence-electron chi connectivity index (χ1n) is 14.6. The van der Waals surface area contributed by atoms with Crippen LogP contribution in [0.2, 0.25) is 19.6 Å². The molecule has 0 aliphatic heterocycles. The van der Waals surface area contributed by atoms with E-state index in [1.165, 1.54) is 5.19 Å². The van der Waals surface area contributed by atoms with E-state index in [-0.39, 0.29) is 20.1 Å². The summed E-state index contributed by atoms with van der Waals surface area (Å²) in [5.74, 6) is 0.800. The van der Waals surface area contributed by atoms with E-state index < -0.39 is 8.07 Å². The molecular weight excluding hydrogens is 749 g/mol. The number of para-hydroxylation sites is 1. The summed E-state index contributed by atoms with van der Waals surface area (Å²) in [6.45, 7) is 7.06. The quantitative estimate of drug-likeness (QED) is 0.132. The third kappa shape index (κ3) is 6.03. The molecule has 4 heterocycles. The van der Waals surface area contributed by atoms with Crippen LogP contribution in [0.1, 0.15) is 0 Å². The fraction of sp³-hybridized carbons (Fsp3) is 0.0789. The topological polar surface area (TPSA) is 56.7 Å². The number of nitrogens with zero attached hydrogens (tertiary/aromatic N) is 4. The van der Waals surface area contributed by atoms with Gasteiger partial charge in [0.1, 0.15) is 5.58 Å². The zero-order valence-corrected chi connectivity index (χ0v) is 28.5. The van der Waals surface area contributed by atoms with Crippen molar-refractivity contribution in [2.45, 2.75) is 19.6 Å². The maximum Gasteiger partial charge on any atom is 0.120 e. The molecule has 0 atom stereocenters. The fourth-order valence-corrected chi connectivity index (χ4v) is 6.53. The zero-order valence-electron chi connectivity index (χ0n) is 25.2. The van der Waals surface area contributed by atoms with Crippen LogP contribution in [-0.2, 0) is 20.1 Å². The number of pyridine rings is 2. The summed E-state index contributed by atoms with van der Waals surface area (Å²) >= 11 is 0. The van der Waals surface area contributed by atoms with Gasteiger partial charge in [-0.25, -0.2) is 0 Å². The maximum absolute atomic E-state index is 6.48. The Bertz CT molecular complexity index is 2170. The van der Waals surface area contributed by atoms with Crippen LogP contribution in [0.15, 0.2) is 132 Å². The Balaban J connectivity index is 0.000000231. The number of furan rings is 1. The van der Waals surface area contributed by atoms with Crippen LogP contribution in [-0.4, -0.2) is 27.6 Å². The molecule has 8 rings (SSSR count). The van der Waals surface area contributed by atoms with Crippen molar-refractivity contribution in [2.75, 3.05) is 0 Å². The maximum atomic E-state index is 6.48. The van der Waals surface area contributed by atoms with Crippen LogP contribution >= 0.6 is 0 Å². The summed E-state index contributed by atoms with van der Waals surface area (Å²) in [7, 11) is -1.44. The molecule has 0 fully saturated rings. The van der Waals surface area contributed by atoms with E-state index in [0.29, 0.717) is 0 Å². The fourth-order valence-electron chi connectivity index (χ4n) is 5.39. The molecule has 0 N–H and O–H groups in total. The summed E-state index contributed by atoms with van der Waals surface area (Å²) in [6, 6.07) is 43.2. The van der Waals surface area contributed by atoms with Crippen LogP contribution in [0.5, 0.6) is 0 Å². The van der Waals surface area contributed by atoms with Gasteiger partial charge < -0.3 is 14.0 Å².